The fourth-order valence-corrected chi connectivity index (χ4v) is 2.47. The molecule has 1 rings (SSSR count). The highest BCUT2D eigenvalue weighted by atomic mass is 14.3. The lowest BCUT2D eigenvalue weighted by atomic mass is 9.78. The van der Waals surface area contributed by atoms with E-state index >= 15 is 0 Å². The maximum absolute atomic E-state index is 4.29. The molecule has 0 aliphatic rings. The van der Waals surface area contributed by atoms with Crippen LogP contribution in [0.25, 0.3) is 5.57 Å². The summed E-state index contributed by atoms with van der Waals surface area (Å²) in [5.74, 6) is 0. The van der Waals surface area contributed by atoms with Gasteiger partial charge in [0.1, 0.15) is 0 Å². The van der Waals surface area contributed by atoms with Gasteiger partial charge in [0, 0.05) is 0 Å². The molecule has 0 radical (unpaired) electrons. The number of rotatable bonds is 3. The third-order valence-electron chi connectivity index (χ3n) is 3.36. The summed E-state index contributed by atoms with van der Waals surface area (Å²) in [7, 11) is 0. The molecular weight excluding hydrogens is 228 g/mol. The number of allylic oxidation sites excluding steroid dienone is 5. The first-order valence-electron chi connectivity index (χ1n) is 6.88. The van der Waals surface area contributed by atoms with Crippen molar-refractivity contribution in [3.8, 4) is 0 Å². The zero-order chi connectivity index (χ0) is 14.6. The second-order valence-corrected chi connectivity index (χ2v) is 6.10. The van der Waals surface area contributed by atoms with Gasteiger partial charge in [-0.2, -0.15) is 0 Å². The van der Waals surface area contributed by atoms with Crippen LogP contribution in [0.4, 0.5) is 0 Å². The second kappa shape index (κ2) is 6.06. The van der Waals surface area contributed by atoms with Gasteiger partial charge in [-0.15, -0.1) is 0 Å². The van der Waals surface area contributed by atoms with Gasteiger partial charge in [0.25, 0.3) is 0 Å². The van der Waals surface area contributed by atoms with Crippen molar-refractivity contribution in [1.82, 2.24) is 0 Å². The Balaban J connectivity index is 3.36. The van der Waals surface area contributed by atoms with E-state index in [9.17, 15) is 0 Å². The molecule has 0 aromatic heterocycles. The lowest BCUT2D eigenvalue weighted by Crippen LogP contribution is -2.16. The van der Waals surface area contributed by atoms with Gasteiger partial charge in [0.05, 0.1) is 0 Å². The molecule has 0 aliphatic carbocycles. The van der Waals surface area contributed by atoms with E-state index in [-0.39, 0.29) is 5.41 Å². The Hall–Kier alpha value is -1.56. The van der Waals surface area contributed by atoms with Gasteiger partial charge in [0.15, 0.2) is 0 Å². The predicted molar refractivity (Wildman–Crippen MR) is 87.5 cm³/mol. The number of benzene rings is 1. The average Bonchev–Trinajstić information content (AvgIpc) is 2.33. The van der Waals surface area contributed by atoms with Gasteiger partial charge >= 0.3 is 0 Å². The second-order valence-electron chi connectivity index (χ2n) is 6.10. The highest BCUT2D eigenvalue weighted by molar-refractivity contribution is 5.80. The van der Waals surface area contributed by atoms with Crippen molar-refractivity contribution in [2.75, 3.05) is 0 Å². The van der Waals surface area contributed by atoms with Crippen molar-refractivity contribution in [2.45, 2.75) is 47.0 Å². The van der Waals surface area contributed by atoms with E-state index in [1.165, 1.54) is 22.3 Å². The molecule has 0 aliphatic heterocycles. The van der Waals surface area contributed by atoms with E-state index in [1.807, 2.05) is 13.0 Å². The molecule has 0 saturated heterocycles. The maximum Gasteiger partial charge on any atom is -0.0123 e. The molecule has 102 valence electrons. The quantitative estimate of drug-likeness (QED) is 0.595. The summed E-state index contributed by atoms with van der Waals surface area (Å²) in [5, 5.41) is 0. The SMILES string of the molecule is C=C(/C(C)=C\C=C/C)c1cccc(C)c1C(C)(C)C. The van der Waals surface area contributed by atoms with Gasteiger partial charge in [-0.25, -0.2) is 0 Å². The minimum Gasteiger partial charge on any atom is -0.0909 e. The highest BCUT2D eigenvalue weighted by Crippen LogP contribution is 2.34. The molecule has 0 fully saturated rings. The summed E-state index contributed by atoms with van der Waals surface area (Å²) in [6.45, 7) is 17.4. The van der Waals surface area contributed by atoms with Crippen LogP contribution in [0.5, 0.6) is 0 Å². The van der Waals surface area contributed by atoms with Crippen LogP contribution in [0.2, 0.25) is 0 Å². The minimum absolute atomic E-state index is 0.129. The average molecular weight is 254 g/mol. The molecule has 0 amide bonds. The minimum atomic E-state index is 0.129. The maximum atomic E-state index is 4.29. The summed E-state index contributed by atoms with van der Waals surface area (Å²) in [6, 6.07) is 6.49. The molecule has 1 aromatic rings. The zero-order valence-electron chi connectivity index (χ0n) is 13.2. The van der Waals surface area contributed by atoms with Crippen LogP contribution in [-0.4, -0.2) is 0 Å². The molecule has 0 nitrogen and oxygen atoms in total. The largest absolute Gasteiger partial charge is 0.0909 e. The predicted octanol–water partition coefficient (Wildman–Crippen LogP) is 5.83. The Labute approximate surface area is 118 Å². The van der Waals surface area contributed by atoms with Gasteiger partial charge in [-0.3, -0.25) is 0 Å². The van der Waals surface area contributed by atoms with E-state index in [0.717, 1.165) is 5.57 Å². The van der Waals surface area contributed by atoms with Crippen molar-refractivity contribution < 1.29 is 0 Å². The molecule has 0 unspecified atom stereocenters. The molecule has 0 bridgehead atoms. The van der Waals surface area contributed by atoms with E-state index in [2.05, 4.69) is 71.5 Å². The van der Waals surface area contributed by atoms with Crippen LogP contribution in [0, 0.1) is 6.92 Å². The Kier molecular flexibility index (Phi) is 4.94. The van der Waals surface area contributed by atoms with Gasteiger partial charge in [-0.1, -0.05) is 63.8 Å². The molecule has 0 atom stereocenters. The first-order chi connectivity index (χ1) is 8.79. The van der Waals surface area contributed by atoms with Crippen molar-refractivity contribution >= 4 is 5.57 Å². The lowest BCUT2D eigenvalue weighted by molar-refractivity contribution is 0.584. The number of aryl methyl sites for hydroxylation is 1. The van der Waals surface area contributed by atoms with Crippen LogP contribution in [0.15, 0.2) is 48.6 Å². The monoisotopic (exact) mass is 254 g/mol. The summed E-state index contributed by atoms with van der Waals surface area (Å²) < 4.78 is 0. The van der Waals surface area contributed by atoms with E-state index < -0.39 is 0 Å². The van der Waals surface area contributed by atoms with E-state index in [0.29, 0.717) is 0 Å². The lowest BCUT2D eigenvalue weighted by Gasteiger charge is -2.26. The van der Waals surface area contributed by atoms with E-state index in [1.54, 1.807) is 0 Å². The molecule has 19 heavy (non-hydrogen) atoms. The Bertz CT molecular complexity index is 519. The van der Waals surface area contributed by atoms with Crippen molar-refractivity contribution in [3.63, 3.8) is 0 Å². The van der Waals surface area contributed by atoms with Crippen molar-refractivity contribution in [2.24, 2.45) is 0 Å². The van der Waals surface area contributed by atoms with Crippen LogP contribution >= 0.6 is 0 Å². The summed E-state index contributed by atoms with van der Waals surface area (Å²) in [6.07, 6.45) is 6.22. The van der Waals surface area contributed by atoms with Gasteiger partial charge in [-0.05, 0) is 54.0 Å². The van der Waals surface area contributed by atoms with Gasteiger partial charge in [0.2, 0.25) is 0 Å². The van der Waals surface area contributed by atoms with Crippen LogP contribution in [-0.2, 0) is 5.41 Å². The molecular formula is C19H26. The van der Waals surface area contributed by atoms with Crippen LogP contribution < -0.4 is 0 Å². The normalized spacial score (nSPS) is 13.1. The van der Waals surface area contributed by atoms with Crippen LogP contribution in [0.1, 0.15) is 51.3 Å². The number of hydrogen-bond acceptors (Lipinski definition) is 0. The smallest absolute Gasteiger partial charge is 0.0123 e. The Morgan fingerprint density at radius 2 is 1.84 bits per heavy atom. The van der Waals surface area contributed by atoms with E-state index in [4.69, 9.17) is 0 Å². The molecule has 1 aromatic carbocycles. The fourth-order valence-electron chi connectivity index (χ4n) is 2.47. The molecule has 0 heteroatoms. The molecule has 0 spiro atoms. The highest BCUT2D eigenvalue weighted by Gasteiger charge is 2.21. The summed E-state index contributed by atoms with van der Waals surface area (Å²) >= 11 is 0. The topological polar surface area (TPSA) is 0 Å². The summed E-state index contributed by atoms with van der Waals surface area (Å²) in [5.41, 5.74) is 6.47. The standard InChI is InChI=1S/C19H26/c1-8-9-11-14(2)16(4)17-13-10-12-15(3)18(17)19(5,6)7/h8-13H,4H2,1-3,5-7H3/b9-8-,14-11-. The molecule has 0 saturated carbocycles. The third-order valence-corrected chi connectivity index (χ3v) is 3.36. The molecule has 0 heterocycles. The van der Waals surface area contributed by atoms with Crippen LogP contribution in [0.3, 0.4) is 0 Å². The van der Waals surface area contributed by atoms with Crippen molar-refractivity contribution in [1.29, 1.82) is 0 Å². The van der Waals surface area contributed by atoms with Crippen molar-refractivity contribution in [3.05, 3.63) is 65.3 Å². The Morgan fingerprint density at radius 1 is 1.21 bits per heavy atom. The fraction of sp³-hybridized carbons (Fsp3) is 0.368. The first kappa shape index (κ1) is 15.5. The Morgan fingerprint density at radius 3 is 2.37 bits per heavy atom. The number of hydrogen-bond donors (Lipinski definition) is 0. The zero-order valence-corrected chi connectivity index (χ0v) is 13.2. The summed E-state index contributed by atoms with van der Waals surface area (Å²) in [4.78, 5) is 0. The first-order valence-corrected chi connectivity index (χ1v) is 6.88. The molecule has 0 N–H and O–H groups in total. The third kappa shape index (κ3) is 3.70. The van der Waals surface area contributed by atoms with Gasteiger partial charge < -0.3 is 0 Å².